The highest BCUT2D eigenvalue weighted by molar-refractivity contribution is 5.98. The van der Waals surface area contributed by atoms with Crippen LogP contribution in [0.1, 0.15) is 78.8 Å². The Hall–Kier alpha value is -5.50. The molecule has 1 heterocycles. The van der Waals surface area contributed by atoms with Crippen LogP contribution in [0.3, 0.4) is 0 Å². The number of esters is 2. The first-order valence-corrected chi connectivity index (χ1v) is 16.8. The number of carbonyl (C=O) groups excluding carboxylic acids is 6. The number of hydrogen-bond acceptors (Lipinski definition) is 10. The number of amides is 4. The van der Waals surface area contributed by atoms with E-state index in [1.54, 1.807) is 18.2 Å². The second-order valence-corrected chi connectivity index (χ2v) is 11.7. The van der Waals surface area contributed by atoms with Crippen molar-refractivity contribution in [2.75, 3.05) is 20.9 Å². The number of benzene rings is 2. The molecule has 0 aliphatic rings. The van der Waals surface area contributed by atoms with Gasteiger partial charge in [-0.2, -0.15) is 0 Å². The average Bonchev–Trinajstić information content (AvgIpc) is 3.65. The predicted molar refractivity (Wildman–Crippen MR) is 185 cm³/mol. The molecule has 1 aromatic heterocycles. The molecule has 274 valence electrons. The summed E-state index contributed by atoms with van der Waals surface area (Å²) in [6.45, 7) is 3.87. The van der Waals surface area contributed by atoms with Crippen molar-refractivity contribution in [3.63, 3.8) is 0 Å². The lowest BCUT2D eigenvalue weighted by Gasteiger charge is -2.24. The Labute approximate surface area is 296 Å². The smallest absolute Gasteiger partial charge is 0.328 e. The first-order valence-electron chi connectivity index (χ1n) is 16.8. The third-order valence-electron chi connectivity index (χ3n) is 8.11. The topological polar surface area (TPSA) is 191 Å². The van der Waals surface area contributed by atoms with E-state index in [4.69, 9.17) is 9.25 Å². The van der Waals surface area contributed by atoms with E-state index in [2.05, 4.69) is 37.8 Å². The van der Waals surface area contributed by atoms with Crippen LogP contribution in [0.15, 0.2) is 71.1 Å². The minimum Gasteiger partial charge on any atom is -0.469 e. The fourth-order valence-electron chi connectivity index (χ4n) is 5.31. The van der Waals surface area contributed by atoms with Gasteiger partial charge in [-0.05, 0) is 42.7 Å². The molecule has 0 fully saturated rings. The highest BCUT2D eigenvalue weighted by Gasteiger charge is 2.32. The summed E-state index contributed by atoms with van der Waals surface area (Å²) in [5.41, 5.74) is 4.01. The van der Waals surface area contributed by atoms with Gasteiger partial charge in [-0.3, -0.25) is 28.8 Å². The van der Waals surface area contributed by atoms with Gasteiger partial charge in [0.1, 0.15) is 11.8 Å². The number of unbranched alkanes of at least 4 members (excludes halogenated alkanes) is 2. The number of rotatable bonds is 20. The number of hydroxylamine groups is 1. The summed E-state index contributed by atoms with van der Waals surface area (Å²) in [5.74, 6) is -4.55. The van der Waals surface area contributed by atoms with Crippen molar-refractivity contribution in [3.8, 4) is 11.3 Å². The Morgan fingerprint density at radius 3 is 2.24 bits per heavy atom. The maximum atomic E-state index is 13.3. The zero-order chi connectivity index (χ0) is 37.2. The molecule has 4 N–H and O–H groups in total. The van der Waals surface area contributed by atoms with Crippen LogP contribution in [0.25, 0.3) is 11.3 Å². The van der Waals surface area contributed by atoms with Crippen molar-refractivity contribution in [1.82, 2.24) is 21.4 Å². The van der Waals surface area contributed by atoms with Crippen molar-refractivity contribution in [1.29, 1.82) is 0 Å². The molecule has 3 atom stereocenters. The molecule has 0 unspecified atom stereocenters. The second kappa shape index (κ2) is 20.9. The Morgan fingerprint density at radius 2 is 1.55 bits per heavy atom. The van der Waals surface area contributed by atoms with Crippen LogP contribution in [0.2, 0.25) is 0 Å². The lowest BCUT2D eigenvalue weighted by molar-refractivity contribution is -0.149. The summed E-state index contributed by atoms with van der Waals surface area (Å²) in [6, 6.07) is 17.4. The molecule has 51 heavy (non-hydrogen) atoms. The maximum Gasteiger partial charge on any atom is 0.328 e. The number of methoxy groups -OCH3 is 2. The number of nitrogens with one attached hydrogen (secondary N) is 4. The van der Waals surface area contributed by atoms with Gasteiger partial charge < -0.3 is 29.8 Å². The number of carbonyl (C=O) groups is 6. The molecule has 0 aliphatic heterocycles. The van der Waals surface area contributed by atoms with E-state index in [0.717, 1.165) is 39.0 Å². The van der Waals surface area contributed by atoms with Crippen LogP contribution >= 0.6 is 0 Å². The Kier molecular flexibility index (Phi) is 16.4. The van der Waals surface area contributed by atoms with Crippen LogP contribution in [-0.4, -0.2) is 62.5 Å². The van der Waals surface area contributed by atoms with E-state index >= 15 is 0 Å². The summed E-state index contributed by atoms with van der Waals surface area (Å²) >= 11 is 0. The van der Waals surface area contributed by atoms with Crippen LogP contribution in [0.5, 0.6) is 0 Å². The highest BCUT2D eigenvalue weighted by Crippen LogP contribution is 2.25. The quantitative estimate of drug-likeness (QED) is 0.0577. The van der Waals surface area contributed by atoms with E-state index in [-0.39, 0.29) is 42.2 Å². The van der Waals surface area contributed by atoms with Gasteiger partial charge in [0.15, 0.2) is 5.76 Å². The van der Waals surface area contributed by atoms with Crippen LogP contribution in [0.4, 0.5) is 0 Å². The number of furan rings is 1. The van der Waals surface area contributed by atoms with E-state index < -0.39 is 48.1 Å². The van der Waals surface area contributed by atoms with Crippen molar-refractivity contribution >= 4 is 35.6 Å². The normalized spacial score (nSPS) is 12.5. The average molecular weight is 707 g/mol. The van der Waals surface area contributed by atoms with Gasteiger partial charge in [0.25, 0.3) is 11.8 Å². The molecule has 0 spiro atoms. The molecule has 2 aromatic carbocycles. The first kappa shape index (κ1) is 39.9. The Balaban J connectivity index is 1.59. The fourth-order valence-corrected chi connectivity index (χ4v) is 5.31. The lowest BCUT2D eigenvalue weighted by Crippen LogP contribution is -2.45. The summed E-state index contributed by atoms with van der Waals surface area (Å²) < 4.78 is 15.0. The van der Waals surface area contributed by atoms with Gasteiger partial charge in [0.2, 0.25) is 11.8 Å². The van der Waals surface area contributed by atoms with Crippen LogP contribution in [-0.2, 0) is 40.1 Å². The van der Waals surface area contributed by atoms with Gasteiger partial charge in [-0.25, -0.2) is 10.3 Å². The zero-order valence-electron chi connectivity index (χ0n) is 29.3. The molecule has 0 saturated heterocycles. The van der Waals surface area contributed by atoms with E-state index in [1.807, 2.05) is 37.3 Å². The van der Waals surface area contributed by atoms with Crippen LogP contribution in [0, 0.1) is 11.8 Å². The number of hydrogen-bond donors (Lipinski definition) is 4. The monoisotopic (exact) mass is 706 g/mol. The summed E-state index contributed by atoms with van der Waals surface area (Å²) in [7, 11) is 2.30. The van der Waals surface area contributed by atoms with Crippen molar-refractivity contribution in [3.05, 3.63) is 83.6 Å². The summed E-state index contributed by atoms with van der Waals surface area (Å²) in [5, 5.41) is 7.80. The first-order chi connectivity index (χ1) is 24.6. The van der Waals surface area contributed by atoms with Crippen LogP contribution < -0.4 is 21.4 Å². The largest absolute Gasteiger partial charge is 0.469 e. The zero-order valence-corrected chi connectivity index (χ0v) is 29.3. The molecule has 0 radical (unpaired) electrons. The minimum absolute atomic E-state index is 0.0428. The van der Waals surface area contributed by atoms with Gasteiger partial charge in [-0.15, -0.1) is 0 Å². The van der Waals surface area contributed by atoms with Gasteiger partial charge in [0.05, 0.1) is 39.8 Å². The molecule has 4 amide bonds. The third-order valence-corrected chi connectivity index (χ3v) is 8.11. The third kappa shape index (κ3) is 12.4. The van der Waals surface area contributed by atoms with Crippen molar-refractivity contribution in [2.45, 2.75) is 65.0 Å². The van der Waals surface area contributed by atoms with Gasteiger partial charge in [-0.1, -0.05) is 75.6 Å². The predicted octanol–water partition coefficient (Wildman–Crippen LogP) is 4.06. The molecule has 0 saturated carbocycles. The molecule has 3 rings (SSSR count). The molecular weight excluding hydrogens is 660 g/mol. The van der Waals surface area contributed by atoms with Crippen molar-refractivity contribution in [2.24, 2.45) is 11.8 Å². The summed E-state index contributed by atoms with van der Waals surface area (Å²) in [6.07, 6.45) is 3.10. The molecule has 14 nitrogen and oxygen atoms in total. The molecule has 14 heteroatoms. The van der Waals surface area contributed by atoms with E-state index in [1.165, 1.54) is 18.2 Å². The lowest BCUT2D eigenvalue weighted by atomic mass is 9.84. The summed E-state index contributed by atoms with van der Waals surface area (Å²) in [4.78, 5) is 81.4. The highest BCUT2D eigenvalue weighted by atomic mass is 16.6. The standard InChI is InChI=1S/C37H46N4O10/c1-5-7-9-17-28(27(6-2)35(45)41-50-22-24-13-10-8-11-14-24)34(44)38-23-39-36(46)31-19-18-30(51-31)25-15-12-16-26(20-25)33(43)40-29(37(47)49-4)21-32(42)48-3/h8,10-16,18-20,27-29H,5-7,9,17,21-23H2,1-4H3,(H,38,44)(H,39,46)(H,40,43)(H,41,45)/t27-,28-,29+/m1/s1. The minimum atomic E-state index is -1.26. The molecular formula is C37H46N4O10. The Morgan fingerprint density at radius 1 is 0.784 bits per heavy atom. The number of ether oxygens (including phenoxy) is 2. The van der Waals surface area contributed by atoms with Crippen molar-refractivity contribution < 1.29 is 47.5 Å². The second-order valence-electron chi connectivity index (χ2n) is 11.7. The van der Waals surface area contributed by atoms with Gasteiger partial charge >= 0.3 is 11.9 Å². The molecule has 3 aromatic rings. The van der Waals surface area contributed by atoms with E-state index in [9.17, 15) is 28.8 Å². The SMILES string of the molecule is CCCCC[C@@H](C(=O)NCNC(=O)c1ccc(-c2cccc(C(=O)N[C@@H](CC(=O)OC)C(=O)OC)c2)o1)[C@@H](CC)C(=O)NOCc1ccccc1. The maximum absolute atomic E-state index is 13.3. The van der Waals surface area contributed by atoms with E-state index in [0.29, 0.717) is 18.4 Å². The fraction of sp³-hybridized carbons (Fsp3) is 0.405. The molecule has 0 bridgehead atoms. The molecule has 0 aliphatic carbocycles. The van der Waals surface area contributed by atoms with Gasteiger partial charge in [0, 0.05) is 17.0 Å². The Bertz CT molecular complexity index is 1620.